The maximum absolute atomic E-state index is 12.3. The molecule has 1 aliphatic rings. The van der Waals surface area contributed by atoms with Crippen molar-refractivity contribution in [3.63, 3.8) is 0 Å². The molecule has 0 saturated carbocycles. The Morgan fingerprint density at radius 2 is 1.73 bits per heavy atom. The first-order chi connectivity index (χ1) is 14.4. The van der Waals surface area contributed by atoms with Gasteiger partial charge in [0.2, 0.25) is 0 Å². The van der Waals surface area contributed by atoms with Gasteiger partial charge in [0.1, 0.15) is 23.0 Å². The second-order valence-corrected chi connectivity index (χ2v) is 9.57. The number of carbonyl (C=O) groups is 1. The van der Waals surface area contributed by atoms with E-state index in [1.807, 2.05) is 51.1 Å². The lowest BCUT2D eigenvalue weighted by molar-refractivity contribution is 0.0127. The molecule has 1 aliphatic heterocycles. The lowest BCUT2D eigenvalue weighted by Crippen LogP contribution is -2.44. The molecule has 0 spiro atoms. The summed E-state index contributed by atoms with van der Waals surface area (Å²) in [5, 5.41) is 1.15. The summed E-state index contributed by atoms with van der Waals surface area (Å²) in [5.41, 5.74) is 0.614. The van der Waals surface area contributed by atoms with Crippen LogP contribution in [0.3, 0.4) is 0 Å². The van der Waals surface area contributed by atoms with Crippen LogP contribution in [-0.2, 0) is 4.74 Å². The van der Waals surface area contributed by atoms with E-state index in [4.69, 9.17) is 9.47 Å². The van der Waals surface area contributed by atoms with Crippen LogP contribution in [0.5, 0.6) is 5.75 Å². The highest BCUT2D eigenvalue weighted by Crippen LogP contribution is 2.34. The van der Waals surface area contributed by atoms with Crippen molar-refractivity contribution >= 4 is 28.9 Å². The van der Waals surface area contributed by atoms with Gasteiger partial charge in [0.25, 0.3) is 0 Å². The Morgan fingerprint density at radius 3 is 2.43 bits per heavy atom. The molecular formula is C24H28N2O3S. The molecule has 4 rings (SSSR count). The van der Waals surface area contributed by atoms with Crippen LogP contribution < -0.4 is 4.74 Å². The number of nitrogens with zero attached hydrogens (tertiary/aromatic N) is 2. The third-order valence-corrected chi connectivity index (χ3v) is 5.96. The van der Waals surface area contributed by atoms with Crippen LogP contribution in [0.4, 0.5) is 4.79 Å². The van der Waals surface area contributed by atoms with Crippen LogP contribution in [0.2, 0.25) is 0 Å². The summed E-state index contributed by atoms with van der Waals surface area (Å²) in [7, 11) is 0. The van der Waals surface area contributed by atoms with Crippen molar-refractivity contribution in [2.24, 2.45) is 0 Å². The summed E-state index contributed by atoms with van der Waals surface area (Å²) in [6, 6.07) is 18.6. The summed E-state index contributed by atoms with van der Waals surface area (Å²) in [6.07, 6.45) is 3.51. The fourth-order valence-corrected chi connectivity index (χ4v) is 4.47. The number of amides is 1. The Labute approximate surface area is 182 Å². The summed E-state index contributed by atoms with van der Waals surface area (Å²) in [4.78, 5) is 15.2. The smallest absolute Gasteiger partial charge is 0.410 e. The molecule has 0 aliphatic carbocycles. The predicted octanol–water partition coefficient (Wildman–Crippen LogP) is 5.98. The number of benzene rings is 2. The van der Waals surface area contributed by atoms with Crippen molar-refractivity contribution in [3.8, 4) is 5.75 Å². The lowest BCUT2D eigenvalue weighted by atomic mass is 10.1. The van der Waals surface area contributed by atoms with E-state index in [1.165, 1.54) is 4.90 Å². The van der Waals surface area contributed by atoms with Crippen LogP contribution in [0.15, 0.2) is 65.7 Å². The Morgan fingerprint density at radius 1 is 1.00 bits per heavy atom. The molecule has 0 unspecified atom stereocenters. The quantitative estimate of drug-likeness (QED) is 0.517. The zero-order valence-corrected chi connectivity index (χ0v) is 18.5. The molecule has 158 valence electrons. The van der Waals surface area contributed by atoms with Crippen LogP contribution in [0, 0.1) is 0 Å². The number of rotatable bonds is 4. The average molecular weight is 425 g/mol. The molecule has 6 heteroatoms. The number of fused-ring (bicyclic) bond motifs is 1. The van der Waals surface area contributed by atoms with Gasteiger partial charge in [-0.05, 0) is 57.0 Å². The van der Waals surface area contributed by atoms with Crippen LogP contribution in [0.25, 0.3) is 10.9 Å². The van der Waals surface area contributed by atoms with Gasteiger partial charge in [0.05, 0.1) is 0 Å². The van der Waals surface area contributed by atoms with E-state index in [0.717, 1.165) is 29.5 Å². The van der Waals surface area contributed by atoms with Gasteiger partial charge in [0, 0.05) is 42.4 Å². The summed E-state index contributed by atoms with van der Waals surface area (Å²) < 4.78 is 14.1. The fraction of sp³-hybridized carbons (Fsp3) is 0.375. The van der Waals surface area contributed by atoms with Gasteiger partial charge in [0.15, 0.2) is 0 Å². The fourth-order valence-electron chi connectivity index (χ4n) is 3.56. The van der Waals surface area contributed by atoms with Crippen molar-refractivity contribution in [2.45, 2.75) is 50.2 Å². The highest BCUT2D eigenvalue weighted by molar-refractivity contribution is 7.98. The molecule has 30 heavy (non-hydrogen) atoms. The number of para-hydroxylation sites is 1. The van der Waals surface area contributed by atoms with Gasteiger partial charge < -0.3 is 14.4 Å². The zero-order chi connectivity index (χ0) is 21.1. The van der Waals surface area contributed by atoms with Gasteiger partial charge in [-0.2, -0.15) is 0 Å². The van der Waals surface area contributed by atoms with Crippen molar-refractivity contribution in [2.75, 3.05) is 13.1 Å². The zero-order valence-electron chi connectivity index (χ0n) is 17.7. The van der Waals surface area contributed by atoms with Gasteiger partial charge in [-0.1, -0.05) is 30.3 Å². The second-order valence-electron chi connectivity index (χ2n) is 8.52. The Bertz CT molecular complexity index is 1000. The highest BCUT2D eigenvalue weighted by Gasteiger charge is 2.28. The van der Waals surface area contributed by atoms with Crippen molar-refractivity contribution in [1.29, 1.82) is 0 Å². The Kier molecular flexibility index (Phi) is 5.95. The highest BCUT2D eigenvalue weighted by atomic mass is 32.2. The number of piperidine rings is 1. The molecule has 0 bridgehead atoms. The molecule has 0 N–H and O–H groups in total. The minimum atomic E-state index is -0.470. The van der Waals surface area contributed by atoms with E-state index in [9.17, 15) is 4.79 Å². The minimum absolute atomic E-state index is 0.0827. The normalized spacial score (nSPS) is 15.4. The van der Waals surface area contributed by atoms with E-state index < -0.39 is 5.60 Å². The molecule has 3 aromatic rings. The molecule has 1 fully saturated rings. The summed E-state index contributed by atoms with van der Waals surface area (Å²) in [6.45, 7) is 6.97. The molecule has 5 nitrogen and oxygen atoms in total. The van der Waals surface area contributed by atoms with Gasteiger partial charge in [-0.15, -0.1) is 0 Å². The summed E-state index contributed by atoms with van der Waals surface area (Å²) >= 11 is 1.68. The number of likely N-dealkylation sites (tertiary alicyclic amines) is 1. The molecule has 1 aromatic heterocycles. The standard InChI is InChI=1S/C24H28N2O3S/c1-24(2,3)29-23(27)25-15-13-19(14-16-25)28-21-11-7-8-18-12-17-26(22(18)21)30-20-9-5-4-6-10-20/h4-12,17,19H,13-16H2,1-3H3. The monoisotopic (exact) mass is 424 g/mol. The van der Waals surface area contributed by atoms with E-state index >= 15 is 0 Å². The average Bonchev–Trinajstić information content (AvgIpc) is 3.12. The first-order valence-electron chi connectivity index (χ1n) is 10.4. The molecule has 1 saturated heterocycles. The van der Waals surface area contributed by atoms with Gasteiger partial charge in [-0.25, -0.2) is 4.79 Å². The maximum Gasteiger partial charge on any atom is 0.410 e. The Balaban J connectivity index is 1.45. The summed E-state index contributed by atoms with van der Waals surface area (Å²) in [5.74, 6) is 0.886. The van der Waals surface area contributed by atoms with Gasteiger partial charge in [-0.3, -0.25) is 3.97 Å². The predicted molar refractivity (Wildman–Crippen MR) is 121 cm³/mol. The van der Waals surface area contributed by atoms with Crippen LogP contribution >= 0.6 is 11.9 Å². The van der Waals surface area contributed by atoms with E-state index in [0.29, 0.717) is 13.1 Å². The largest absolute Gasteiger partial charge is 0.488 e. The Hall–Kier alpha value is -2.60. The SMILES string of the molecule is CC(C)(C)OC(=O)N1CCC(Oc2cccc3ccn(Sc4ccccc4)c23)CC1. The van der Waals surface area contributed by atoms with Gasteiger partial charge >= 0.3 is 6.09 Å². The number of aromatic nitrogens is 1. The van der Waals surface area contributed by atoms with Crippen LogP contribution in [0.1, 0.15) is 33.6 Å². The molecule has 0 radical (unpaired) electrons. The van der Waals surface area contributed by atoms with Crippen molar-refractivity contribution in [1.82, 2.24) is 8.87 Å². The number of hydrogen-bond donors (Lipinski definition) is 0. The third kappa shape index (κ3) is 4.93. The molecule has 2 aromatic carbocycles. The second kappa shape index (κ2) is 8.64. The van der Waals surface area contributed by atoms with E-state index in [-0.39, 0.29) is 12.2 Å². The molecule has 0 atom stereocenters. The first kappa shape index (κ1) is 20.7. The van der Waals surface area contributed by atoms with E-state index in [2.05, 4.69) is 34.4 Å². The number of ether oxygens (including phenoxy) is 2. The number of hydrogen-bond acceptors (Lipinski definition) is 4. The van der Waals surface area contributed by atoms with Crippen molar-refractivity contribution in [3.05, 3.63) is 60.8 Å². The first-order valence-corrected chi connectivity index (χ1v) is 11.1. The van der Waals surface area contributed by atoms with Crippen molar-refractivity contribution < 1.29 is 14.3 Å². The lowest BCUT2D eigenvalue weighted by Gasteiger charge is -2.33. The third-order valence-electron chi connectivity index (χ3n) is 4.97. The molecule has 2 heterocycles. The topological polar surface area (TPSA) is 43.7 Å². The maximum atomic E-state index is 12.3. The van der Waals surface area contributed by atoms with Crippen LogP contribution in [-0.4, -0.2) is 39.8 Å². The van der Waals surface area contributed by atoms with E-state index in [1.54, 1.807) is 16.8 Å². The molecular weight excluding hydrogens is 396 g/mol. The minimum Gasteiger partial charge on any atom is -0.488 e. The number of carbonyl (C=O) groups excluding carboxylic acids is 1. The molecule has 1 amide bonds.